The molecule has 4 heterocycles. The molecule has 0 amide bonds. The van der Waals surface area contributed by atoms with Gasteiger partial charge in [0.1, 0.15) is 23.7 Å². The fourth-order valence-electron chi connectivity index (χ4n) is 7.78. The highest BCUT2D eigenvalue weighted by molar-refractivity contribution is 6.11. The molecule has 1 aliphatic carbocycles. The average Bonchev–Trinajstić information content (AvgIpc) is 3.56. The van der Waals surface area contributed by atoms with Gasteiger partial charge in [-0.25, -0.2) is 0 Å². The molecule has 1 spiro atoms. The summed E-state index contributed by atoms with van der Waals surface area (Å²) in [5.74, 6) is -3.25. The molecule has 2 aromatic carbocycles. The van der Waals surface area contributed by atoms with E-state index in [2.05, 4.69) is 0 Å². The molecule has 10 heteroatoms. The van der Waals surface area contributed by atoms with E-state index < -0.39 is 35.5 Å². The van der Waals surface area contributed by atoms with E-state index in [9.17, 15) is 20.1 Å². The molecule has 7 rings (SSSR count). The largest absolute Gasteiger partial charge is 0.506 e. The van der Waals surface area contributed by atoms with Gasteiger partial charge in [0.2, 0.25) is 11.4 Å². The fraction of sp³-hybridized carbons (Fsp3) is 0.607. The van der Waals surface area contributed by atoms with Crippen molar-refractivity contribution >= 4 is 16.6 Å². The Morgan fingerprint density at radius 1 is 1.16 bits per heavy atom. The molecule has 3 fully saturated rings. The number of hydrogen-bond donors (Lipinski definition) is 3. The zero-order valence-corrected chi connectivity index (χ0v) is 22.0. The second kappa shape index (κ2) is 7.66. The number of rotatable bonds is 5. The SMILES string of the molecule is COC(CO)C12OC3c4c(C)cc5c(CO)c6c(c(O)c5c4OC(OC)(C3O1)C21CO1)C(=O)[C@H](C)C[C@@H]6C. The van der Waals surface area contributed by atoms with Crippen molar-refractivity contribution in [1.82, 2.24) is 0 Å². The van der Waals surface area contributed by atoms with Crippen LogP contribution in [0.1, 0.15) is 64.9 Å². The Labute approximate surface area is 219 Å². The van der Waals surface area contributed by atoms with Gasteiger partial charge in [-0.05, 0) is 41.3 Å². The average molecular weight is 529 g/mol. The van der Waals surface area contributed by atoms with Crippen LogP contribution in [-0.4, -0.2) is 77.9 Å². The van der Waals surface area contributed by atoms with Crippen molar-refractivity contribution in [2.75, 3.05) is 27.4 Å². The smallest absolute Gasteiger partial charge is 0.276 e. The van der Waals surface area contributed by atoms with E-state index >= 15 is 0 Å². The third-order valence-corrected chi connectivity index (χ3v) is 9.50. The normalized spacial score (nSPS) is 38.9. The van der Waals surface area contributed by atoms with E-state index in [1.807, 2.05) is 26.8 Å². The fourth-order valence-corrected chi connectivity index (χ4v) is 7.78. The molecule has 2 bridgehead atoms. The van der Waals surface area contributed by atoms with Crippen LogP contribution in [0.5, 0.6) is 11.5 Å². The molecular formula is C28H32O10. The van der Waals surface area contributed by atoms with E-state index in [1.54, 1.807) is 0 Å². The summed E-state index contributed by atoms with van der Waals surface area (Å²) in [6, 6.07) is 1.89. The Morgan fingerprint density at radius 2 is 1.89 bits per heavy atom. The monoisotopic (exact) mass is 528 g/mol. The topological polar surface area (TPSA) is 136 Å². The number of carbonyl (C=O) groups is 1. The number of aliphatic hydroxyl groups is 2. The lowest BCUT2D eigenvalue weighted by atomic mass is 9.72. The first-order valence-corrected chi connectivity index (χ1v) is 13.0. The van der Waals surface area contributed by atoms with Gasteiger partial charge in [-0.15, -0.1) is 0 Å². The molecule has 3 saturated heterocycles. The standard InChI is InChI=1S/C28H32O10/c1-11-6-13(3)21(31)20-17(11)15(8-29)14-7-12(2)18-23(19(14)22(20)32)36-28(34-5)25-24(18)37-27(38-25,16(9-30)33-4)26(28)10-35-26/h7,11,13,16,24-25,29-30,32H,6,8-10H2,1-5H3/t11-,13+,16?,24?,25?,26?,27?,28?/m0/s1. The molecule has 38 heavy (non-hydrogen) atoms. The number of ether oxygens (including phenoxy) is 6. The molecule has 2 aromatic rings. The number of aromatic hydroxyl groups is 1. The molecule has 0 saturated carbocycles. The highest BCUT2D eigenvalue weighted by atomic mass is 16.9. The third-order valence-electron chi connectivity index (χ3n) is 9.50. The van der Waals surface area contributed by atoms with E-state index in [4.69, 9.17) is 28.4 Å². The van der Waals surface area contributed by atoms with E-state index in [0.29, 0.717) is 39.6 Å². The quantitative estimate of drug-likeness (QED) is 0.496. The number of aryl methyl sites for hydroxylation is 1. The number of fused-ring (bicyclic) bond motifs is 8. The van der Waals surface area contributed by atoms with Gasteiger partial charge in [0.05, 0.1) is 30.8 Å². The highest BCUT2D eigenvalue weighted by Crippen LogP contribution is 2.71. The number of aliphatic hydroxyl groups excluding tert-OH is 2. The van der Waals surface area contributed by atoms with E-state index in [1.165, 1.54) is 14.2 Å². The van der Waals surface area contributed by atoms with Crippen LogP contribution in [-0.2, 0) is 30.3 Å². The van der Waals surface area contributed by atoms with Crippen LogP contribution in [0.2, 0.25) is 0 Å². The molecule has 3 N–H and O–H groups in total. The van der Waals surface area contributed by atoms with E-state index in [-0.39, 0.29) is 48.8 Å². The maximum atomic E-state index is 13.4. The summed E-state index contributed by atoms with van der Waals surface area (Å²) in [6.45, 7) is 5.27. The number of Topliss-reactive ketones (excluding diaryl/α,β-unsaturated/α-hetero) is 1. The lowest BCUT2D eigenvalue weighted by Gasteiger charge is -2.49. The van der Waals surface area contributed by atoms with Crippen LogP contribution < -0.4 is 4.74 Å². The summed E-state index contributed by atoms with van der Waals surface area (Å²) < 4.78 is 37.4. The Bertz CT molecular complexity index is 1390. The summed E-state index contributed by atoms with van der Waals surface area (Å²) in [7, 11) is 2.96. The van der Waals surface area contributed by atoms with Crippen LogP contribution >= 0.6 is 0 Å². The van der Waals surface area contributed by atoms with Gasteiger partial charge in [-0.1, -0.05) is 19.9 Å². The van der Waals surface area contributed by atoms with Crippen LogP contribution in [0.4, 0.5) is 0 Å². The summed E-state index contributed by atoms with van der Waals surface area (Å²) in [5, 5.41) is 33.4. The maximum Gasteiger partial charge on any atom is 0.276 e. The molecule has 6 unspecified atom stereocenters. The second-order valence-electron chi connectivity index (χ2n) is 11.3. The van der Waals surface area contributed by atoms with Gasteiger partial charge >= 0.3 is 0 Å². The van der Waals surface area contributed by atoms with Crippen molar-refractivity contribution in [2.45, 2.75) is 75.2 Å². The van der Waals surface area contributed by atoms with Crippen LogP contribution in [0.25, 0.3) is 10.8 Å². The van der Waals surface area contributed by atoms with Crippen LogP contribution in [0, 0.1) is 12.8 Å². The highest BCUT2D eigenvalue weighted by Gasteiger charge is 2.92. The van der Waals surface area contributed by atoms with Crippen molar-refractivity contribution in [2.24, 2.45) is 5.92 Å². The zero-order chi connectivity index (χ0) is 26.9. The third kappa shape index (κ3) is 2.47. The number of carbonyl (C=O) groups excluding carboxylic acids is 1. The molecule has 204 valence electrons. The number of hydrogen-bond acceptors (Lipinski definition) is 10. The Hall–Kier alpha value is -2.31. The Kier molecular flexibility index (Phi) is 4.98. The van der Waals surface area contributed by atoms with Crippen molar-refractivity contribution in [3.05, 3.63) is 33.9 Å². The van der Waals surface area contributed by atoms with Gasteiger partial charge in [0.25, 0.3) is 5.79 Å². The molecule has 10 nitrogen and oxygen atoms in total. The number of ketones is 1. The predicted octanol–water partition coefficient (Wildman–Crippen LogP) is 2.35. The minimum atomic E-state index is -1.48. The molecule has 0 aromatic heterocycles. The van der Waals surface area contributed by atoms with Gasteiger partial charge in [0.15, 0.2) is 11.9 Å². The summed E-state index contributed by atoms with van der Waals surface area (Å²) in [6.07, 6.45) is -1.67. The first-order valence-electron chi connectivity index (χ1n) is 13.0. The summed E-state index contributed by atoms with van der Waals surface area (Å²) in [5.41, 5.74) is 1.74. The van der Waals surface area contributed by atoms with Crippen LogP contribution in [0.15, 0.2) is 6.07 Å². The molecular weight excluding hydrogens is 496 g/mol. The van der Waals surface area contributed by atoms with Crippen molar-refractivity contribution in [1.29, 1.82) is 0 Å². The lowest BCUT2D eigenvalue weighted by Crippen LogP contribution is -2.70. The van der Waals surface area contributed by atoms with Gasteiger partial charge < -0.3 is 43.7 Å². The molecule has 0 radical (unpaired) electrons. The predicted molar refractivity (Wildman–Crippen MR) is 131 cm³/mol. The Balaban J connectivity index is 1.54. The minimum absolute atomic E-state index is 0.0199. The minimum Gasteiger partial charge on any atom is -0.506 e. The van der Waals surface area contributed by atoms with E-state index in [0.717, 1.165) is 5.56 Å². The van der Waals surface area contributed by atoms with Crippen molar-refractivity contribution < 1.29 is 48.5 Å². The first-order chi connectivity index (χ1) is 18.2. The zero-order valence-electron chi connectivity index (χ0n) is 22.0. The lowest BCUT2D eigenvalue weighted by molar-refractivity contribution is -0.313. The van der Waals surface area contributed by atoms with Gasteiger partial charge in [-0.3, -0.25) is 4.79 Å². The van der Waals surface area contributed by atoms with Crippen molar-refractivity contribution in [3.8, 4) is 11.5 Å². The maximum absolute atomic E-state index is 13.4. The second-order valence-corrected chi connectivity index (χ2v) is 11.3. The summed E-state index contributed by atoms with van der Waals surface area (Å²) in [4.78, 5) is 13.4. The van der Waals surface area contributed by atoms with Gasteiger partial charge in [-0.2, -0.15) is 0 Å². The van der Waals surface area contributed by atoms with Gasteiger partial charge in [0, 0.05) is 25.7 Å². The molecule has 5 aliphatic rings. The number of benzene rings is 2. The molecule has 4 aliphatic heterocycles. The molecule has 8 atom stereocenters. The number of methoxy groups -OCH3 is 2. The van der Waals surface area contributed by atoms with Crippen LogP contribution in [0.3, 0.4) is 0 Å². The number of phenols is 1. The number of epoxide rings is 1. The van der Waals surface area contributed by atoms with Crippen molar-refractivity contribution in [3.63, 3.8) is 0 Å². The number of phenolic OH excluding ortho intramolecular Hbond substituents is 1. The summed E-state index contributed by atoms with van der Waals surface area (Å²) >= 11 is 0. The Morgan fingerprint density at radius 3 is 2.50 bits per heavy atom. The first kappa shape index (κ1) is 24.7.